The first-order chi connectivity index (χ1) is 18.7. The summed E-state index contributed by atoms with van der Waals surface area (Å²) in [7, 11) is -3.70. The zero-order valence-electron chi connectivity index (χ0n) is 21.6. The molecule has 0 aliphatic carbocycles. The first-order valence-corrected chi connectivity index (χ1v) is 13.7. The number of ether oxygens (including phenoxy) is 1. The van der Waals surface area contributed by atoms with Crippen LogP contribution in [0.4, 0.5) is 23.2 Å². The Morgan fingerprint density at radius 1 is 1.00 bits per heavy atom. The van der Waals surface area contributed by atoms with Crippen molar-refractivity contribution < 1.29 is 40.3 Å². The lowest BCUT2D eigenvalue weighted by Gasteiger charge is -2.19. The van der Waals surface area contributed by atoms with Crippen LogP contribution in [0.15, 0.2) is 59.5 Å². The summed E-state index contributed by atoms with van der Waals surface area (Å²) < 4.78 is 85.5. The lowest BCUT2D eigenvalue weighted by atomic mass is 10.00. The molecule has 0 aromatic heterocycles. The molecule has 0 spiro atoms. The molecule has 214 valence electrons. The van der Waals surface area contributed by atoms with Crippen molar-refractivity contribution >= 4 is 39.0 Å². The number of nitrogens with one attached hydrogen (secondary N) is 1. The Balaban J connectivity index is 1.79. The largest absolute Gasteiger partial charge is 0.483 e. The molecule has 1 N–H and O–H groups in total. The number of sulfonamides is 1. The topological polar surface area (TPSA) is 92.8 Å². The number of nitrogens with zero attached hydrogens (tertiary/aromatic N) is 1. The molecule has 3 aromatic rings. The molecule has 0 bridgehead atoms. The van der Waals surface area contributed by atoms with E-state index >= 15 is 0 Å². The summed E-state index contributed by atoms with van der Waals surface area (Å²) in [6.45, 7) is 5.04. The monoisotopic (exact) mass is 600 g/mol. The highest BCUT2D eigenvalue weighted by atomic mass is 35.5. The van der Waals surface area contributed by atoms with Crippen molar-refractivity contribution in [2.45, 2.75) is 31.8 Å². The van der Waals surface area contributed by atoms with Crippen LogP contribution in [0.5, 0.6) is 5.75 Å². The summed E-state index contributed by atoms with van der Waals surface area (Å²) in [4.78, 5) is 25.7. The number of hydrogen-bond donors (Lipinski definition) is 1. The molecule has 0 heterocycles. The number of anilines is 1. The maximum absolute atomic E-state index is 13.9. The maximum atomic E-state index is 13.9. The molecular formula is C27H25ClF4N2O5S. The van der Waals surface area contributed by atoms with Gasteiger partial charge in [-0.05, 0) is 67.1 Å². The molecule has 13 heteroatoms. The standard InChI is InChI=1S/C27H25ClF4N2O5S/c1-4-34(5-2)40(37,38)21-7-8-23(16(3)10-21)33-25(35)15-39-24-9-6-19(28)14-22(24)26(36)17-11-18(27(30,31)32)13-20(29)12-17/h6-14H,4-5,15H2,1-3H3,(H,33,35). The van der Waals surface area contributed by atoms with E-state index in [0.29, 0.717) is 36.5 Å². The van der Waals surface area contributed by atoms with Crippen molar-refractivity contribution in [2.75, 3.05) is 25.0 Å². The molecule has 3 aromatic carbocycles. The highest BCUT2D eigenvalue weighted by Gasteiger charge is 2.32. The molecule has 0 radical (unpaired) electrons. The van der Waals surface area contributed by atoms with Crippen LogP contribution in [-0.2, 0) is 21.0 Å². The fraction of sp³-hybridized carbons (Fsp3) is 0.259. The van der Waals surface area contributed by atoms with Crippen molar-refractivity contribution in [2.24, 2.45) is 0 Å². The second kappa shape index (κ2) is 12.4. The predicted molar refractivity (Wildman–Crippen MR) is 142 cm³/mol. The van der Waals surface area contributed by atoms with Gasteiger partial charge in [0, 0.05) is 29.4 Å². The summed E-state index contributed by atoms with van der Waals surface area (Å²) in [6.07, 6.45) is -4.88. The van der Waals surface area contributed by atoms with Gasteiger partial charge in [-0.15, -0.1) is 0 Å². The van der Waals surface area contributed by atoms with Gasteiger partial charge in [-0.2, -0.15) is 17.5 Å². The summed E-state index contributed by atoms with van der Waals surface area (Å²) in [5.41, 5.74) is -1.42. The molecule has 0 unspecified atom stereocenters. The van der Waals surface area contributed by atoms with Gasteiger partial charge in [0.05, 0.1) is 16.0 Å². The quantitative estimate of drug-likeness (QED) is 0.225. The van der Waals surface area contributed by atoms with Crippen molar-refractivity contribution in [1.82, 2.24) is 4.31 Å². The SMILES string of the molecule is CCN(CC)S(=O)(=O)c1ccc(NC(=O)COc2ccc(Cl)cc2C(=O)c2cc(F)cc(C(F)(F)F)c2)c(C)c1. The zero-order chi connectivity index (χ0) is 29.8. The average Bonchev–Trinajstić information content (AvgIpc) is 2.88. The van der Waals surface area contributed by atoms with Crippen LogP contribution in [0.3, 0.4) is 0 Å². The average molecular weight is 601 g/mol. The predicted octanol–water partition coefficient (Wildman–Crippen LogP) is 6.09. The zero-order valence-corrected chi connectivity index (χ0v) is 23.2. The van der Waals surface area contributed by atoms with Gasteiger partial charge in [-0.3, -0.25) is 9.59 Å². The molecule has 0 saturated carbocycles. The van der Waals surface area contributed by atoms with Crippen LogP contribution >= 0.6 is 11.6 Å². The van der Waals surface area contributed by atoms with E-state index in [4.69, 9.17) is 16.3 Å². The summed E-state index contributed by atoms with van der Waals surface area (Å²) in [5, 5.41) is 2.64. The summed E-state index contributed by atoms with van der Waals surface area (Å²) >= 11 is 5.97. The minimum atomic E-state index is -4.88. The number of benzene rings is 3. The first-order valence-electron chi connectivity index (χ1n) is 11.9. The highest BCUT2D eigenvalue weighted by molar-refractivity contribution is 7.89. The van der Waals surface area contributed by atoms with Gasteiger partial charge in [0.15, 0.2) is 12.4 Å². The van der Waals surface area contributed by atoms with Gasteiger partial charge >= 0.3 is 6.18 Å². The van der Waals surface area contributed by atoms with E-state index in [-0.39, 0.29) is 27.3 Å². The lowest BCUT2D eigenvalue weighted by Crippen LogP contribution is -2.30. The van der Waals surface area contributed by atoms with Gasteiger partial charge in [-0.1, -0.05) is 25.4 Å². The Kier molecular flexibility index (Phi) is 9.60. The van der Waals surface area contributed by atoms with Gasteiger partial charge in [0.2, 0.25) is 10.0 Å². The van der Waals surface area contributed by atoms with Crippen LogP contribution in [-0.4, -0.2) is 44.1 Å². The number of carbonyl (C=O) groups excluding carboxylic acids is 2. The first kappa shape index (κ1) is 31.1. The molecule has 0 saturated heterocycles. The molecule has 0 aliphatic heterocycles. The van der Waals surface area contributed by atoms with E-state index in [9.17, 15) is 35.6 Å². The van der Waals surface area contributed by atoms with Crippen LogP contribution in [0, 0.1) is 12.7 Å². The van der Waals surface area contributed by atoms with E-state index in [0.717, 1.165) is 6.07 Å². The Morgan fingerprint density at radius 2 is 1.68 bits per heavy atom. The Hall–Kier alpha value is -3.48. The van der Waals surface area contributed by atoms with Crippen molar-refractivity contribution in [3.8, 4) is 5.75 Å². The van der Waals surface area contributed by atoms with Crippen LogP contribution in [0.2, 0.25) is 5.02 Å². The number of carbonyl (C=O) groups is 2. The van der Waals surface area contributed by atoms with Crippen LogP contribution in [0.1, 0.15) is 40.9 Å². The third-order valence-corrected chi connectivity index (χ3v) is 8.13. The number of aryl methyl sites for hydroxylation is 1. The number of alkyl halides is 3. The Labute approximate surface area is 233 Å². The fourth-order valence-corrected chi connectivity index (χ4v) is 5.54. The van der Waals surface area contributed by atoms with Crippen LogP contribution in [0.25, 0.3) is 0 Å². The lowest BCUT2D eigenvalue weighted by molar-refractivity contribution is -0.137. The number of rotatable bonds is 10. The minimum absolute atomic E-state index is 0.0583. The number of halogens is 5. The van der Waals surface area contributed by atoms with Gasteiger partial charge in [0.25, 0.3) is 5.91 Å². The van der Waals surface area contributed by atoms with Crippen molar-refractivity contribution in [3.05, 3.63) is 87.7 Å². The smallest absolute Gasteiger partial charge is 0.416 e. The van der Waals surface area contributed by atoms with Crippen LogP contribution < -0.4 is 10.1 Å². The van der Waals surface area contributed by atoms with Crippen molar-refractivity contribution in [1.29, 1.82) is 0 Å². The minimum Gasteiger partial charge on any atom is -0.483 e. The summed E-state index contributed by atoms with van der Waals surface area (Å²) in [6, 6.07) is 9.39. The maximum Gasteiger partial charge on any atom is 0.416 e. The van der Waals surface area contributed by atoms with E-state index in [1.165, 1.54) is 34.6 Å². The second-order valence-electron chi connectivity index (χ2n) is 8.60. The van der Waals surface area contributed by atoms with Gasteiger partial charge in [-0.25, -0.2) is 12.8 Å². The van der Waals surface area contributed by atoms with E-state index in [1.807, 2.05) is 0 Å². The Bertz CT molecular complexity index is 1540. The fourth-order valence-electron chi connectivity index (χ4n) is 3.82. The molecule has 0 fully saturated rings. The molecule has 3 rings (SSSR count). The second-order valence-corrected chi connectivity index (χ2v) is 11.0. The number of hydrogen-bond acceptors (Lipinski definition) is 5. The van der Waals surface area contributed by atoms with Crippen molar-refractivity contribution in [3.63, 3.8) is 0 Å². The van der Waals surface area contributed by atoms with E-state index in [2.05, 4.69) is 5.32 Å². The van der Waals surface area contributed by atoms with Gasteiger partial charge < -0.3 is 10.1 Å². The molecule has 0 aliphatic rings. The molecule has 0 atom stereocenters. The van der Waals surface area contributed by atoms with Gasteiger partial charge in [0.1, 0.15) is 11.6 Å². The molecule has 40 heavy (non-hydrogen) atoms. The third kappa shape index (κ3) is 7.18. The normalized spacial score (nSPS) is 11.9. The molecule has 7 nitrogen and oxygen atoms in total. The van der Waals surface area contributed by atoms with E-state index in [1.54, 1.807) is 20.8 Å². The molecular weight excluding hydrogens is 576 g/mol. The number of amides is 1. The Morgan fingerprint density at radius 3 is 2.27 bits per heavy atom. The number of ketones is 1. The highest BCUT2D eigenvalue weighted by Crippen LogP contribution is 2.32. The molecule has 1 amide bonds. The third-order valence-electron chi connectivity index (χ3n) is 5.85. The van der Waals surface area contributed by atoms with E-state index < -0.39 is 51.4 Å². The summed E-state index contributed by atoms with van der Waals surface area (Å²) in [5.74, 6) is -3.09.